The van der Waals surface area contributed by atoms with E-state index in [9.17, 15) is 9.50 Å². The second-order valence-electron chi connectivity index (χ2n) is 3.97. The second kappa shape index (κ2) is 5.39. The minimum Gasteiger partial charge on any atom is -0.395 e. The number of rotatable bonds is 3. The zero-order valence-corrected chi connectivity index (χ0v) is 9.10. The number of halogens is 1. The van der Waals surface area contributed by atoms with Crippen molar-refractivity contribution in [2.24, 2.45) is 0 Å². The quantitative estimate of drug-likeness (QED) is 0.833. The Morgan fingerprint density at radius 2 is 2.25 bits per heavy atom. The molecule has 0 aromatic heterocycles. The van der Waals surface area contributed by atoms with Crippen molar-refractivity contribution in [2.45, 2.75) is 12.6 Å². The van der Waals surface area contributed by atoms with E-state index in [1.807, 2.05) is 6.07 Å². The first-order valence-corrected chi connectivity index (χ1v) is 5.47. The van der Waals surface area contributed by atoms with Gasteiger partial charge >= 0.3 is 0 Å². The summed E-state index contributed by atoms with van der Waals surface area (Å²) in [7, 11) is 0. The molecule has 1 atom stereocenters. The molecule has 1 saturated heterocycles. The van der Waals surface area contributed by atoms with Gasteiger partial charge in [0.1, 0.15) is 5.82 Å². The van der Waals surface area contributed by atoms with Crippen molar-refractivity contribution >= 4 is 0 Å². The van der Waals surface area contributed by atoms with Crippen LogP contribution in [-0.2, 0) is 11.3 Å². The van der Waals surface area contributed by atoms with Gasteiger partial charge in [0.05, 0.1) is 25.9 Å². The third kappa shape index (κ3) is 2.58. The minimum absolute atomic E-state index is 0.0200. The summed E-state index contributed by atoms with van der Waals surface area (Å²) < 4.78 is 18.7. The summed E-state index contributed by atoms with van der Waals surface area (Å²) in [6.45, 7) is 2.48. The van der Waals surface area contributed by atoms with Crippen molar-refractivity contribution in [1.82, 2.24) is 4.90 Å². The molecule has 1 heterocycles. The standard InChI is InChI=1S/C12H16FNO2/c13-12-4-2-1-3-10(12)7-14-5-6-16-9-11(14)8-15/h1-4,11,15H,5-9H2. The maximum atomic E-state index is 13.5. The molecule has 0 amide bonds. The zero-order chi connectivity index (χ0) is 11.4. The lowest BCUT2D eigenvalue weighted by molar-refractivity contribution is -0.0316. The highest BCUT2D eigenvalue weighted by Gasteiger charge is 2.22. The molecular weight excluding hydrogens is 209 g/mol. The number of aliphatic hydroxyl groups excluding tert-OH is 1. The van der Waals surface area contributed by atoms with Gasteiger partial charge in [0.2, 0.25) is 0 Å². The minimum atomic E-state index is -0.189. The molecule has 1 aliphatic rings. The number of hydrogen-bond donors (Lipinski definition) is 1. The van der Waals surface area contributed by atoms with Crippen LogP contribution in [0.2, 0.25) is 0 Å². The van der Waals surface area contributed by atoms with E-state index in [-0.39, 0.29) is 18.5 Å². The molecule has 4 heteroatoms. The zero-order valence-electron chi connectivity index (χ0n) is 9.10. The molecular formula is C12H16FNO2. The Labute approximate surface area is 94.4 Å². The lowest BCUT2D eigenvalue weighted by atomic mass is 10.1. The molecule has 16 heavy (non-hydrogen) atoms. The molecule has 0 saturated carbocycles. The van der Waals surface area contributed by atoms with Crippen molar-refractivity contribution in [1.29, 1.82) is 0 Å². The molecule has 1 aliphatic heterocycles. The van der Waals surface area contributed by atoms with Gasteiger partial charge in [-0.3, -0.25) is 4.90 Å². The summed E-state index contributed by atoms with van der Waals surface area (Å²) in [5.41, 5.74) is 0.669. The summed E-state index contributed by atoms with van der Waals surface area (Å²) in [5, 5.41) is 9.19. The van der Waals surface area contributed by atoms with E-state index >= 15 is 0 Å². The highest BCUT2D eigenvalue weighted by molar-refractivity contribution is 5.17. The number of hydrogen-bond acceptors (Lipinski definition) is 3. The molecule has 1 aromatic rings. The Kier molecular flexibility index (Phi) is 3.88. The summed E-state index contributed by atoms with van der Waals surface area (Å²) in [5.74, 6) is -0.189. The van der Waals surface area contributed by atoms with Gasteiger partial charge in [-0.25, -0.2) is 4.39 Å². The molecule has 1 N–H and O–H groups in total. The van der Waals surface area contributed by atoms with Crippen LogP contribution >= 0.6 is 0 Å². The SMILES string of the molecule is OCC1COCCN1Cc1ccccc1F. The fourth-order valence-electron chi connectivity index (χ4n) is 1.91. The van der Waals surface area contributed by atoms with Gasteiger partial charge in [-0.1, -0.05) is 18.2 Å². The van der Waals surface area contributed by atoms with Crippen LogP contribution < -0.4 is 0 Å². The van der Waals surface area contributed by atoms with Crippen LogP contribution in [0.15, 0.2) is 24.3 Å². The Hall–Kier alpha value is -0.970. The highest BCUT2D eigenvalue weighted by atomic mass is 19.1. The van der Waals surface area contributed by atoms with Gasteiger partial charge < -0.3 is 9.84 Å². The van der Waals surface area contributed by atoms with Gasteiger partial charge in [0.15, 0.2) is 0 Å². The Morgan fingerprint density at radius 1 is 1.44 bits per heavy atom. The third-order valence-corrected chi connectivity index (χ3v) is 2.89. The smallest absolute Gasteiger partial charge is 0.127 e. The third-order valence-electron chi connectivity index (χ3n) is 2.89. The highest BCUT2D eigenvalue weighted by Crippen LogP contribution is 2.14. The van der Waals surface area contributed by atoms with Gasteiger partial charge in [-0.2, -0.15) is 0 Å². The van der Waals surface area contributed by atoms with E-state index in [0.29, 0.717) is 25.3 Å². The molecule has 0 aliphatic carbocycles. The van der Waals surface area contributed by atoms with E-state index in [1.165, 1.54) is 6.07 Å². The first-order chi connectivity index (χ1) is 7.81. The number of aliphatic hydroxyl groups is 1. The summed E-state index contributed by atoms with van der Waals surface area (Å²) in [6.07, 6.45) is 0. The number of morpholine rings is 1. The molecule has 88 valence electrons. The van der Waals surface area contributed by atoms with Crippen LogP contribution in [0.25, 0.3) is 0 Å². The number of benzene rings is 1. The average molecular weight is 225 g/mol. The number of nitrogens with zero attached hydrogens (tertiary/aromatic N) is 1. The monoisotopic (exact) mass is 225 g/mol. The predicted octanol–water partition coefficient (Wildman–Crippen LogP) is 1.02. The Bertz CT molecular complexity index is 346. The number of ether oxygens (including phenoxy) is 1. The Morgan fingerprint density at radius 3 is 3.00 bits per heavy atom. The molecule has 1 aromatic carbocycles. The first kappa shape index (κ1) is 11.5. The van der Waals surface area contributed by atoms with Gasteiger partial charge in [-0.05, 0) is 6.07 Å². The van der Waals surface area contributed by atoms with Crippen molar-refractivity contribution in [3.05, 3.63) is 35.6 Å². The van der Waals surface area contributed by atoms with E-state index in [1.54, 1.807) is 12.1 Å². The van der Waals surface area contributed by atoms with Crippen molar-refractivity contribution in [3.8, 4) is 0 Å². The first-order valence-electron chi connectivity index (χ1n) is 5.47. The fraction of sp³-hybridized carbons (Fsp3) is 0.500. The lowest BCUT2D eigenvalue weighted by Crippen LogP contribution is -2.46. The van der Waals surface area contributed by atoms with Crippen LogP contribution in [0.1, 0.15) is 5.56 Å². The lowest BCUT2D eigenvalue weighted by Gasteiger charge is -2.34. The van der Waals surface area contributed by atoms with Crippen molar-refractivity contribution in [3.63, 3.8) is 0 Å². The van der Waals surface area contributed by atoms with Gasteiger partial charge in [-0.15, -0.1) is 0 Å². The van der Waals surface area contributed by atoms with Crippen LogP contribution in [0.4, 0.5) is 4.39 Å². The normalized spacial score (nSPS) is 22.2. The molecule has 0 radical (unpaired) electrons. The summed E-state index contributed by atoms with van der Waals surface area (Å²) in [6, 6.07) is 6.73. The Balaban J connectivity index is 2.05. The van der Waals surface area contributed by atoms with E-state index in [0.717, 1.165) is 6.54 Å². The van der Waals surface area contributed by atoms with Crippen molar-refractivity contribution < 1.29 is 14.2 Å². The fourth-order valence-corrected chi connectivity index (χ4v) is 1.91. The molecule has 2 rings (SSSR count). The molecule has 3 nitrogen and oxygen atoms in total. The molecule has 0 bridgehead atoms. The maximum absolute atomic E-state index is 13.5. The maximum Gasteiger partial charge on any atom is 0.127 e. The van der Waals surface area contributed by atoms with E-state index in [2.05, 4.69) is 4.90 Å². The summed E-state index contributed by atoms with van der Waals surface area (Å²) in [4.78, 5) is 2.06. The van der Waals surface area contributed by atoms with E-state index in [4.69, 9.17) is 4.74 Å². The van der Waals surface area contributed by atoms with Crippen LogP contribution in [-0.4, -0.2) is 42.4 Å². The van der Waals surface area contributed by atoms with E-state index < -0.39 is 0 Å². The van der Waals surface area contributed by atoms with Crippen LogP contribution in [0.5, 0.6) is 0 Å². The summed E-state index contributed by atoms with van der Waals surface area (Å²) >= 11 is 0. The topological polar surface area (TPSA) is 32.7 Å². The second-order valence-corrected chi connectivity index (χ2v) is 3.97. The van der Waals surface area contributed by atoms with Crippen LogP contribution in [0, 0.1) is 5.82 Å². The average Bonchev–Trinajstić information content (AvgIpc) is 2.33. The largest absolute Gasteiger partial charge is 0.395 e. The van der Waals surface area contributed by atoms with Gasteiger partial charge in [0, 0.05) is 18.7 Å². The molecule has 1 fully saturated rings. The van der Waals surface area contributed by atoms with Gasteiger partial charge in [0.25, 0.3) is 0 Å². The van der Waals surface area contributed by atoms with Crippen molar-refractivity contribution in [2.75, 3.05) is 26.4 Å². The van der Waals surface area contributed by atoms with Crippen LogP contribution in [0.3, 0.4) is 0 Å². The molecule has 0 spiro atoms. The predicted molar refractivity (Wildman–Crippen MR) is 58.5 cm³/mol. The molecule has 1 unspecified atom stereocenters.